The maximum Gasteiger partial charge on any atom is 0.261 e. The summed E-state index contributed by atoms with van der Waals surface area (Å²) in [6.07, 6.45) is 4.68. The number of nitrogens with zero attached hydrogens (tertiary/aromatic N) is 3. The Hall–Kier alpha value is -2.21. The Bertz CT molecular complexity index is 773. The van der Waals surface area contributed by atoms with Crippen molar-refractivity contribution in [2.75, 3.05) is 13.1 Å². The summed E-state index contributed by atoms with van der Waals surface area (Å²) in [5, 5.41) is 0.476. The first-order chi connectivity index (χ1) is 10.6. The molecule has 0 spiro atoms. The van der Waals surface area contributed by atoms with E-state index in [9.17, 15) is 9.59 Å². The summed E-state index contributed by atoms with van der Waals surface area (Å²) >= 11 is 3.33. The molecule has 0 aliphatic carbocycles. The normalized spacial score (nSPS) is 10.4. The summed E-state index contributed by atoms with van der Waals surface area (Å²) in [6, 6.07) is 5.28. The van der Waals surface area contributed by atoms with Crippen LogP contribution in [-0.2, 0) is 11.3 Å². The minimum Gasteiger partial charge on any atom is -0.334 e. The largest absolute Gasteiger partial charge is 0.334 e. The number of halogens is 1. The molecule has 0 aliphatic heterocycles. The predicted molar refractivity (Wildman–Crippen MR) is 90.7 cm³/mol. The maximum absolute atomic E-state index is 12.4. The van der Waals surface area contributed by atoms with E-state index in [-0.39, 0.29) is 18.0 Å². The first-order valence-corrected chi connectivity index (χ1v) is 7.50. The van der Waals surface area contributed by atoms with Gasteiger partial charge in [-0.1, -0.05) is 28.1 Å². The zero-order valence-electron chi connectivity index (χ0n) is 12.0. The lowest BCUT2D eigenvalue weighted by molar-refractivity contribution is -0.130. The molecule has 114 valence electrons. The van der Waals surface area contributed by atoms with Gasteiger partial charge in [-0.15, -0.1) is 13.2 Å². The molecule has 2 rings (SSSR count). The second-order valence-electron chi connectivity index (χ2n) is 4.72. The van der Waals surface area contributed by atoms with Gasteiger partial charge in [0.1, 0.15) is 6.54 Å². The minimum atomic E-state index is -0.239. The molecule has 0 atom stereocenters. The molecule has 2 aromatic rings. The smallest absolute Gasteiger partial charge is 0.261 e. The van der Waals surface area contributed by atoms with Crippen LogP contribution in [0.2, 0.25) is 0 Å². The summed E-state index contributed by atoms with van der Waals surface area (Å²) < 4.78 is 2.11. The van der Waals surface area contributed by atoms with Crippen molar-refractivity contribution in [3.63, 3.8) is 0 Å². The second-order valence-corrected chi connectivity index (χ2v) is 5.63. The SMILES string of the molecule is C=CCN(CC=C)C(=O)Cn1cnc2ccc(Br)cc2c1=O. The van der Waals surface area contributed by atoms with Gasteiger partial charge >= 0.3 is 0 Å². The molecule has 0 unspecified atom stereocenters. The van der Waals surface area contributed by atoms with E-state index in [0.717, 1.165) is 4.47 Å². The first kappa shape index (κ1) is 16.2. The molecule has 1 aromatic carbocycles. The Labute approximate surface area is 136 Å². The van der Waals surface area contributed by atoms with Gasteiger partial charge in [-0.05, 0) is 18.2 Å². The number of carbonyl (C=O) groups is 1. The van der Waals surface area contributed by atoms with Crippen LogP contribution >= 0.6 is 15.9 Å². The summed E-state index contributed by atoms with van der Waals surface area (Å²) in [6.45, 7) is 8.01. The summed E-state index contributed by atoms with van der Waals surface area (Å²) in [5.41, 5.74) is 0.364. The first-order valence-electron chi connectivity index (χ1n) is 6.71. The van der Waals surface area contributed by atoms with E-state index in [1.54, 1.807) is 29.2 Å². The Morgan fingerprint density at radius 3 is 2.64 bits per heavy atom. The number of hydrogen-bond acceptors (Lipinski definition) is 3. The highest BCUT2D eigenvalue weighted by Gasteiger charge is 2.13. The lowest BCUT2D eigenvalue weighted by atomic mass is 10.2. The quantitative estimate of drug-likeness (QED) is 0.742. The Morgan fingerprint density at radius 1 is 1.32 bits per heavy atom. The third-order valence-electron chi connectivity index (χ3n) is 3.14. The van der Waals surface area contributed by atoms with Crippen LogP contribution in [0.15, 0.2) is 59.1 Å². The van der Waals surface area contributed by atoms with Crippen LogP contribution in [0.1, 0.15) is 0 Å². The topological polar surface area (TPSA) is 55.2 Å². The Morgan fingerprint density at radius 2 is 2.00 bits per heavy atom. The van der Waals surface area contributed by atoms with Crippen molar-refractivity contribution in [1.82, 2.24) is 14.5 Å². The van der Waals surface area contributed by atoms with Crippen molar-refractivity contribution in [2.24, 2.45) is 0 Å². The van der Waals surface area contributed by atoms with Crippen molar-refractivity contribution in [3.8, 4) is 0 Å². The molecule has 1 amide bonds. The third kappa shape index (κ3) is 3.51. The van der Waals surface area contributed by atoms with Crippen molar-refractivity contribution in [3.05, 3.63) is 64.7 Å². The second kappa shape index (κ2) is 7.17. The zero-order valence-corrected chi connectivity index (χ0v) is 13.6. The molecule has 0 saturated heterocycles. The van der Waals surface area contributed by atoms with Gasteiger partial charge < -0.3 is 4.90 Å². The number of carbonyl (C=O) groups excluding carboxylic acids is 1. The van der Waals surface area contributed by atoms with E-state index in [1.165, 1.54) is 10.9 Å². The van der Waals surface area contributed by atoms with Gasteiger partial charge in [0, 0.05) is 17.6 Å². The van der Waals surface area contributed by atoms with E-state index in [4.69, 9.17) is 0 Å². The zero-order chi connectivity index (χ0) is 16.1. The van der Waals surface area contributed by atoms with Gasteiger partial charge in [0.15, 0.2) is 0 Å². The molecular weight excluding hydrogens is 346 g/mol. The van der Waals surface area contributed by atoms with Crippen LogP contribution in [0.25, 0.3) is 10.9 Å². The van der Waals surface area contributed by atoms with Gasteiger partial charge in [-0.2, -0.15) is 0 Å². The fourth-order valence-electron chi connectivity index (χ4n) is 2.08. The molecule has 1 aromatic heterocycles. The summed E-state index contributed by atoms with van der Waals surface area (Å²) in [4.78, 5) is 30.5. The van der Waals surface area contributed by atoms with E-state index < -0.39 is 0 Å². The lowest BCUT2D eigenvalue weighted by Crippen LogP contribution is -2.36. The molecule has 1 heterocycles. The van der Waals surface area contributed by atoms with Crippen LogP contribution in [0.4, 0.5) is 0 Å². The average Bonchev–Trinajstić information content (AvgIpc) is 2.50. The minimum absolute atomic E-state index is 0.0596. The number of rotatable bonds is 6. The van der Waals surface area contributed by atoms with Crippen molar-refractivity contribution in [2.45, 2.75) is 6.54 Å². The van der Waals surface area contributed by atoms with Crippen molar-refractivity contribution >= 4 is 32.7 Å². The molecule has 0 fully saturated rings. The Kier molecular flexibility index (Phi) is 5.27. The average molecular weight is 362 g/mol. The van der Waals surface area contributed by atoms with Gasteiger partial charge in [-0.3, -0.25) is 14.2 Å². The number of amides is 1. The fourth-order valence-corrected chi connectivity index (χ4v) is 2.44. The van der Waals surface area contributed by atoms with E-state index in [2.05, 4.69) is 34.1 Å². The highest BCUT2D eigenvalue weighted by molar-refractivity contribution is 9.10. The molecule has 22 heavy (non-hydrogen) atoms. The number of aromatic nitrogens is 2. The monoisotopic (exact) mass is 361 g/mol. The van der Waals surface area contributed by atoms with Crippen LogP contribution in [-0.4, -0.2) is 33.4 Å². The molecule has 6 heteroatoms. The maximum atomic E-state index is 12.4. The third-order valence-corrected chi connectivity index (χ3v) is 3.64. The van der Waals surface area contributed by atoms with Crippen LogP contribution < -0.4 is 5.56 Å². The summed E-state index contributed by atoms with van der Waals surface area (Å²) in [7, 11) is 0. The lowest BCUT2D eigenvalue weighted by Gasteiger charge is -2.19. The summed E-state index contributed by atoms with van der Waals surface area (Å²) in [5.74, 6) is -0.182. The number of fused-ring (bicyclic) bond motifs is 1. The van der Waals surface area contributed by atoms with E-state index in [1.807, 2.05) is 6.07 Å². The van der Waals surface area contributed by atoms with E-state index in [0.29, 0.717) is 24.0 Å². The van der Waals surface area contributed by atoms with Gasteiger partial charge in [0.05, 0.1) is 17.2 Å². The van der Waals surface area contributed by atoms with Crippen LogP contribution in [0.5, 0.6) is 0 Å². The van der Waals surface area contributed by atoms with Crippen molar-refractivity contribution in [1.29, 1.82) is 0 Å². The molecule has 0 saturated carbocycles. The van der Waals surface area contributed by atoms with Gasteiger partial charge in [0.25, 0.3) is 5.56 Å². The standard InChI is InChI=1S/C16H16BrN3O2/c1-3-7-19(8-4-2)15(21)10-20-11-18-14-6-5-12(17)9-13(14)16(20)22/h3-6,9,11H,1-2,7-8,10H2. The molecule has 0 N–H and O–H groups in total. The number of hydrogen-bond donors (Lipinski definition) is 0. The molecule has 0 radical (unpaired) electrons. The predicted octanol–water partition coefficient (Wildman–Crippen LogP) is 2.36. The van der Waals surface area contributed by atoms with Gasteiger partial charge in [0.2, 0.25) is 5.91 Å². The van der Waals surface area contributed by atoms with Crippen LogP contribution in [0, 0.1) is 0 Å². The highest BCUT2D eigenvalue weighted by Crippen LogP contribution is 2.14. The molecule has 0 bridgehead atoms. The number of benzene rings is 1. The molecule has 5 nitrogen and oxygen atoms in total. The van der Waals surface area contributed by atoms with Crippen LogP contribution in [0.3, 0.4) is 0 Å². The Balaban J connectivity index is 2.33. The highest BCUT2D eigenvalue weighted by atomic mass is 79.9. The van der Waals surface area contributed by atoms with Crippen molar-refractivity contribution < 1.29 is 4.79 Å². The molecular formula is C16H16BrN3O2. The molecule has 0 aliphatic rings. The fraction of sp³-hybridized carbons (Fsp3) is 0.188. The van der Waals surface area contributed by atoms with Gasteiger partial charge in [-0.25, -0.2) is 4.98 Å². The van der Waals surface area contributed by atoms with E-state index >= 15 is 0 Å².